The van der Waals surface area contributed by atoms with Crippen LogP contribution in [0.25, 0.3) is 27.8 Å². The molecule has 8 nitrogen and oxygen atoms in total. The average Bonchev–Trinajstić information content (AvgIpc) is 3.44. The van der Waals surface area contributed by atoms with E-state index in [1.54, 1.807) is 32.2 Å². The van der Waals surface area contributed by atoms with E-state index >= 15 is 0 Å². The van der Waals surface area contributed by atoms with Gasteiger partial charge in [-0.2, -0.15) is 0 Å². The van der Waals surface area contributed by atoms with E-state index in [2.05, 4.69) is 24.3 Å². The molecule has 7 rings (SSSR count). The van der Waals surface area contributed by atoms with Gasteiger partial charge >= 0.3 is 0 Å². The molecule has 0 saturated heterocycles. The van der Waals surface area contributed by atoms with Crippen molar-refractivity contribution in [3.05, 3.63) is 102 Å². The van der Waals surface area contributed by atoms with Gasteiger partial charge in [0.05, 0.1) is 26.9 Å². The molecule has 0 radical (unpaired) electrons. The summed E-state index contributed by atoms with van der Waals surface area (Å²) in [6.45, 7) is 0. The predicted molar refractivity (Wildman–Crippen MR) is 147 cm³/mol. The molecule has 192 valence electrons. The van der Waals surface area contributed by atoms with Crippen LogP contribution >= 0.6 is 0 Å². The highest BCUT2D eigenvalue weighted by molar-refractivity contribution is 5.91. The van der Waals surface area contributed by atoms with Gasteiger partial charge in [0.25, 0.3) is 0 Å². The Morgan fingerprint density at radius 2 is 1.64 bits per heavy atom. The molecule has 8 heteroatoms. The van der Waals surface area contributed by atoms with E-state index in [4.69, 9.17) is 34.0 Å². The highest BCUT2D eigenvalue weighted by Crippen LogP contribution is 2.51. The molecular weight excluding hydrogens is 492 g/mol. The van der Waals surface area contributed by atoms with Crippen molar-refractivity contribution < 1.29 is 18.9 Å². The lowest BCUT2D eigenvalue weighted by atomic mass is 9.82. The number of fused-ring (bicyclic) bond motifs is 6. The lowest BCUT2D eigenvalue weighted by Crippen LogP contribution is -2.15. The summed E-state index contributed by atoms with van der Waals surface area (Å²) in [4.78, 5) is 9.68. The molecule has 0 saturated carbocycles. The van der Waals surface area contributed by atoms with Gasteiger partial charge < -0.3 is 18.9 Å². The van der Waals surface area contributed by atoms with Crippen LogP contribution in [0.1, 0.15) is 22.6 Å². The van der Waals surface area contributed by atoms with Crippen LogP contribution in [-0.4, -0.2) is 40.9 Å². The second kappa shape index (κ2) is 9.02. The standard InChI is InChI=1S/C31H24N4O4/c1-36-21-12-8-19(9-13-21)29-33-30-27-26(20-11-15-24(37-2)25(16-20)38-3)23-14-10-18-6-4-5-7-22(18)28(23)39-31(27)32-17-35(30)34-29/h4-17,26H,1-3H3. The first-order valence-corrected chi connectivity index (χ1v) is 12.5. The molecule has 0 spiro atoms. The zero-order valence-electron chi connectivity index (χ0n) is 21.6. The highest BCUT2D eigenvalue weighted by Gasteiger charge is 2.35. The van der Waals surface area contributed by atoms with E-state index < -0.39 is 0 Å². The fourth-order valence-corrected chi connectivity index (χ4v) is 5.29. The molecule has 0 amide bonds. The molecule has 3 heterocycles. The number of nitrogens with zero attached hydrogens (tertiary/aromatic N) is 4. The number of benzene rings is 4. The molecule has 1 atom stereocenters. The van der Waals surface area contributed by atoms with Crippen molar-refractivity contribution in [3.8, 4) is 40.3 Å². The zero-order valence-corrected chi connectivity index (χ0v) is 21.6. The monoisotopic (exact) mass is 516 g/mol. The van der Waals surface area contributed by atoms with E-state index in [1.807, 2.05) is 54.6 Å². The summed E-state index contributed by atoms with van der Waals surface area (Å²) >= 11 is 0. The van der Waals surface area contributed by atoms with Gasteiger partial charge in [-0.1, -0.05) is 42.5 Å². The Labute approximate surface area is 224 Å². The van der Waals surface area contributed by atoms with Crippen LogP contribution in [0.4, 0.5) is 0 Å². The molecule has 2 aromatic heterocycles. The Morgan fingerprint density at radius 1 is 0.821 bits per heavy atom. The summed E-state index contributed by atoms with van der Waals surface area (Å²) in [5.41, 5.74) is 4.39. The van der Waals surface area contributed by atoms with E-state index in [0.717, 1.165) is 44.5 Å². The highest BCUT2D eigenvalue weighted by atomic mass is 16.5. The maximum absolute atomic E-state index is 6.53. The van der Waals surface area contributed by atoms with Crippen LogP contribution in [0.15, 0.2) is 85.2 Å². The first-order valence-electron chi connectivity index (χ1n) is 12.5. The molecule has 0 N–H and O–H groups in total. The number of hydrogen-bond acceptors (Lipinski definition) is 7. The first-order chi connectivity index (χ1) is 19.2. The molecule has 1 aliphatic heterocycles. The van der Waals surface area contributed by atoms with Gasteiger partial charge in [-0.05, 0) is 47.3 Å². The maximum atomic E-state index is 6.53. The van der Waals surface area contributed by atoms with Crippen LogP contribution < -0.4 is 18.9 Å². The van der Waals surface area contributed by atoms with Crippen molar-refractivity contribution in [2.24, 2.45) is 0 Å². The lowest BCUT2D eigenvalue weighted by molar-refractivity contribution is 0.354. The van der Waals surface area contributed by atoms with Gasteiger partial charge in [-0.3, -0.25) is 0 Å². The summed E-state index contributed by atoms with van der Waals surface area (Å²) in [6.07, 6.45) is 1.65. The van der Waals surface area contributed by atoms with E-state index in [9.17, 15) is 0 Å². The third-order valence-corrected chi connectivity index (χ3v) is 7.18. The molecule has 39 heavy (non-hydrogen) atoms. The van der Waals surface area contributed by atoms with E-state index in [-0.39, 0.29) is 5.92 Å². The van der Waals surface area contributed by atoms with Gasteiger partial charge in [0, 0.05) is 22.4 Å². The van der Waals surface area contributed by atoms with Crippen molar-refractivity contribution in [2.75, 3.05) is 21.3 Å². The van der Waals surface area contributed by atoms with Gasteiger partial charge in [-0.25, -0.2) is 14.5 Å². The SMILES string of the molecule is COc1ccc(-c2nc3c4c(ncn3n2)Oc2c(ccc3ccccc23)C4c2ccc(OC)c(OC)c2)cc1. The quantitative estimate of drug-likeness (QED) is 0.267. The van der Waals surface area contributed by atoms with E-state index in [0.29, 0.717) is 28.9 Å². The lowest BCUT2D eigenvalue weighted by Gasteiger charge is -2.29. The first kappa shape index (κ1) is 23.0. The van der Waals surface area contributed by atoms with Gasteiger partial charge in [0.2, 0.25) is 5.88 Å². The van der Waals surface area contributed by atoms with Gasteiger partial charge in [0.15, 0.2) is 23.0 Å². The van der Waals surface area contributed by atoms with Crippen LogP contribution in [0.3, 0.4) is 0 Å². The third-order valence-electron chi connectivity index (χ3n) is 7.18. The molecule has 1 unspecified atom stereocenters. The Bertz CT molecular complexity index is 1860. The van der Waals surface area contributed by atoms with Crippen LogP contribution in [0.2, 0.25) is 0 Å². The van der Waals surface area contributed by atoms with Gasteiger partial charge in [-0.15, -0.1) is 5.10 Å². The second-order valence-electron chi connectivity index (χ2n) is 9.25. The Balaban J connectivity index is 1.48. The van der Waals surface area contributed by atoms with Crippen LogP contribution in [-0.2, 0) is 0 Å². The molecular formula is C31H24N4O4. The molecule has 0 bridgehead atoms. The average molecular weight is 517 g/mol. The van der Waals surface area contributed by atoms with Crippen molar-refractivity contribution >= 4 is 16.4 Å². The van der Waals surface area contributed by atoms with Crippen molar-refractivity contribution in [2.45, 2.75) is 5.92 Å². The van der Waals surface area contributed by atoms with Crippen molar-refractivity contribution in [3.63, 3.8) is 0 Å². The van der Waals surface area contributed by atoms with Crippen molar-refractivity contribution in [1.82, 2.24) is 19.6 Å². The molecule has 1 aliphatic rings. The smallest absolute Gasteiger partial charge is 0.228 e. The minimum Gasteiger partial charge on any atom is -0.497 e. The molecule has 0 fully saturated rings. The number of rotatable bonds is 5. The fraction of sp³-hybridized carbons (Fsp3) is 0.129. The number of ether oxygens (including phenoxy) is 4. The largest absolute Gasteiger partial charge is 0.497 e. The van der Waals surface area contributed by atoms with Crippen LogP contribution in [0, 0.1) is 0 Å². The van der Waals surface area contributed by atoms with Crippen molar-refractivity contribution in [1.29, 1.82) is 0 Å². The van der Waals surface area contributed by atoms with E-state index in [1.165, 1.54) is 0 Å². The maximum Gasteiger partial charge on any atom is 0.228 e. The predicted octanol–water partition coefficient (Wildman–Crippen LogP) is 6.26. The Hall–Kier alpha value is -5.11. The zero-order chi connectivity index (χ0) is 26.5. The Kier molecular flexibility index (Phi) is 5.33. The van der Waals surface area contributed by atoms with Crippen LogP contribution in [0.5, 0.6) is 28.9 Å². The third kappa shape index (κ3) is 3.64. The topological polar surface area (TPSA) is 80.0 Å². The number of hydrogen-bond donors (Lipinski definition) is 0. The molecule has 0 aliphatic carbocycles. The second-order valence-corrected chi connectivity index (χ2v) is 9.25. The fourth-order valence-electron chi connectivity index (χ4n) is 5.29. The molecule has 6 aromatic rings. The number of methoxy groups -OCH3 is 3. The summed E-state index contributed by atoms with van der Waals surface area (Å²) in [6, 6.07) is 26.1. The summed E-state index contributed by atoms with van der Waals surface area (Å²) in [5, 5.41) is 6.86. The summed E-state index contributed by atoms with van der Waals surface area (Å²) in [7, 11) is 4.92. The Morgan fingerprint density at radius 3 is 2.44 bits per heavy atom. The molecule has 4 aromatic carbocycles. The normalized spacial score (nSPS) is 14.0. The summed E-state index contributed by atoms with van der Waals surface area (Å²) < 4.78 is 24.7. The minimum atomic E-state index is -0.239. The minimum absolute atomic E-state index is 0.239. The summed E-state index contributed by atoms with van der Waals surface area (Å²) in [5.74, 6) is 3.71. The number of aromatic nitrogens is 4. The van der Waals surface area contributed by atoms with Gasteiger partial charge in [0.1, 0.15) is 17.8 Å².